The summed E-state index contributed by atoms with van der Waals surface area (Å²) in [5, 5.41) is 11.2. The van der Waals surface area contributed by atoms with Crippen LogP contribution >= 0.6 is 0 Å². The van der Waals surface area contributed by atoms with Crippen molar-refractivity contribution < 1.29 is 14.5 Å². The van der Waals surface area contributed by atoms with Crippen molar-refractivity contribution >= 4 is 23.5 Å². The molecule has 0 amide bonds. The van der Waals surface area contributed by atoms with E-state index in [1.54, 1.807) is 24.3 Å². The van der Waals surface area contributed by atoms with Crippen LogP contribution in [-0.4, -0.2) is 10.9 Å². The van der Waals surface area contributed by atoms with E-state index < -0.39 is 10.9 Å². The predicted molar refractivity (Wildman–Crippen MR) is 107 cm³/mol. The molecular weight excluding hydrogens is 354 g/mol. The molecule has 1 heterocycles. The maximum atomic E-state index is 12.2. The Hall–Kier alpha value is -3.99. The summed E-state index contributed by atoms with van der Waals surface area (Å²) in [6.07, 6.45) is 3.09. The SMILES string of the molecule is O=C1OC(c2ccc(-c3ccccc3)cc2)=C/C1=C/c1ccccc1[N+](=O)[O-]. The lowest BCUT2D eigenvalue weighted by Gasteiger charge is -2.05. The van der Waals surface area contributed by atoms with E-state index in [1.165, 1.54) is 12.1 Å². The van der Waals surface area contributed by atoms with E-state index in [1.807, 2.05) is 54.6 Å². The molecule has 1 aliphatic rings. The van der Waals surface area contributed by atoms with Gasteiger partial charge in [-0.2, -0.15) is 0 Å². The van der Waals surface area contributed by atoms with Crippen LogP contribution in [0.4, 0.5) is 5.69 Å². The first-order chi connectivity index (χ1) is 13.6. The van der Waals surface area contributed by atoms with Crippen LogP contribution in [0, 0.1) is 10.1 Å². The number of rotatable bonds is 4. The number of benzene rings is 3. The molecule has 0 saturated heterocycles. The molecule has 0 aliphatic carbocycles. The van der Waals surface area contributed by atoms with Gasteiger partial charge in [0, 0.05) is 11.6 Å². The van der Waals surface area contributed by atoms with Crippen LogP contribution in [0.1, 0.15) is 11.1 Å². The van der Waals surface area contributed by atoms with Crippen molar-refractivity contribution in [3.05, 3.63) is 112 Å². The Kier molecular flexibility index (Phi) is 4.56. The molecule has 0 N–H and O–H groups in total. The normalized spacial score (nSPS) is 14.6. The third kappa shape index (κ3) is 3.46. The summed E-state index contributed by atoms with van der Waals surface area (Å²) in [6, 6.07) is 23.9. The molecular formula is C23H15NO4. The molecule has 3 aromatic rings. The van der Waals surface area contributed by atoms with E-state index >= 15 is 0 Å². The van der Waals surface area contributed by atoms with Gasteiger partial charge in [-0.15, -0.1) is 0 Å². The highest BCUT2D eigenvalue weighted by Crippen LogP contribution is 2.30. The van der Waals surface area contributed by atoms with Crippen molar-refractivity contribution in [2.24, 2.45) is 0 Å². The van der Waals surface area contributed by atoms with Gasteiger partial charge in [0.25, 0.3) is 5.69 Å². The van der Waals surface area contributed by atoms with Gasteiger partial charge in [0.2, 0.25) is 0 Å². The second-order valence-corrected chi connectivity index (χ2v) is 6.26. The molecule has 0 aromatic heterocycles. The van der Waals surface area contributed by atoms with Crippen molar-refractivity contribution in [1.29, 1.82) is 0 Å². The number of hydrogen-bond acceptors (Lipinski definition) is 4. The van der Waals surface area contributed by atoms with Crippen molar-refractivity contribution in [3.63, 3.8) is 0 Å². The molecule has 3 aromatic carbocycles. The van der Waals surface area contributed by atoms with E-state index in [0.29, 0.717) is 11.3 Å². The number of esters is 1. The molecule has 0 fully saturated rings. The summed E-state index contributed by atoms with van der Waals surface area (Å²) >= 11 is 0. The molecule has 28 heavy (non-hydrogen) atoms. The zero-order valence-corrected chi connectivity index (χ0v) is 14.7. The molecule has 5 nitrogen and oxygen atoms in total. The van der Waals surface area contributed by atoms with Crippen LogP contribution in [0.2, 0.25) is 0 Å². The maximum absolute atomic E-state index is 12.2. The molecule has 0 bridgehead atoms. The van der Waals surface area contributed by atoms with Crippen LogP contribution < -0.4 is 0 Å². The minimum Gasteiger partial charge on any atom is -0.422 e. The molecule has 0 atom stereocenters. The summed E-state index contributed by atoms with van der Waals surface area (Å²) in [5.41, 5.74) is 3.50. The van der Waals surface area contributed by atoms with E-state index in [9.17, 15) is 14.9 Å². The number of nitrogens with zero attached hydrogens (tertiary/aromatic N) is 1. The van der Waals surface area contributed by atoms with Crippen LogP contribution in [0.25, 0.3) is 23.0 Å². The minimum absolute atomic E-state index is 0.0585. The monoisotopic (exact) mass is 369 g/mol. The van der Waals surface area contributed by atoms with Gasteiger partial charge in [-0.05, 0) is 29.3 Å². The number of nitro groups is 1. The largest absolute Gasteiger partial charge is 0.422 e. The van der Waals surface area contributed by atoms with Crippen LogP contribution in [-0.2, 0) is 9.53 Å². The van der Waals surface area contributed by atoms with Gasteiger partial charge in [0.05, 0.1) is 16.1 Å². The van der Waals surface area contributed by atoms with Gasteiger partial charge < -0.3 is 4.74 Å². The second-order valence-electron chi connectivity index (χ2n) is 6.26. The Morgan fingerprint density at radius 3 is 2.11 bits per heavy atom. The first kappa shape index (κ1) is 17.4. The first-order valence-corrected chi connectivity index (χ1v) is 8.67. The quantitative estimate of drug-likeness (QED) is 0.273. The van der Waals surface area contributed by atoms with E-state index in [-0.39, 0.29) is 11.3 Å². The van der Waals surface area contributed by atoms with E-state index in [0.717, 1.165) is 16.7 Å². The van der Waals surface area contributed by atoms with Crippen molar-refractivity contribution in [1.82, 2.24) is 0 Å². The smallest absolute Gasteiger partial charge is 0.343 e. The number of para-hydroxylation sites is 1. The second kappa shape index (κ2) is 7.32. The average molecular weight is 369 g/mol. The molecule has 0 radical (unpaired) electrons. The molecule has 4 rings (SSSR count). The molecule has 0 spiro atoms. The number of carbonyl (C=O) groups is 1. The Morgan fingerprint density at radius 2 is 1.39 bits per heavy atom. The third-order valence-corrected chi connectivity index (χ3v) is 4.45. The fraction of sp³-hybridized carbons (Fsp3) is 0. The highest BCUT2D eigenvalue weighted by molar-refractivity contribution is 6.05. The van der Waals surface area contributed by atoms with Crippen LogP contribution in [0.5, 0.6) is 0 Å². The van der Waals surface area contributed by atoms with Gasteiger partial charge in [-0.25, -0.2) is 4.79 Å². The Labute approximate surface area is 161 Å². The number of cyclic esters (lactones) is 1. The summed E-state index contributed by atoms with van der Waals surface area (Å²) < 4.78 is 5.36. The fourth-order valence-corrected chi connectivity index (χ4v) is 3.03. The van der Waals surface area contributed by atoms with E-state index in [4.69, 9.17) is 4.74 Å². The molecule has 0 saturated carbocycles. The zero-order chi connectivity index (χ0) is 19.5. The lowest BCUT2D eigenvalue weighted by Crippen LogP contribution is -1.98. The Bertz CT molecular complexity index is 1110. The van der Waals surface area contributed by atoms with Crippen molar-refractivity contribution in [2.75, 3.05) is 0 Å². The van der Waals surface area contributed by atoms with E-state index in [2.05, 4.69) is 0 Å². The van der Waals surface area contributed by atoms with Crippen LogP contribution in [0.3, 0.4) is 0 Å². The van der Waals surface area contributed by atoms with Gasteiger partial charge in [0.1, 0.15) is 5.76 Å². The summed E-state index contributed by atoms with van der Waals surface area (Å²) in [4.78, 5) is 22.9. The molecule has 5 heteroatoms. The predicted octanol–water partition coefficient (Wildman–Crippen LogP) is 5.24. The summed E-state index contributed by atoms with van der Waals surface area (Å²) in [6.45, 7) is 0. The molecule has 136 valence electrons. The number of hydrogen-bond donors (Lipinski definition) is 0. The van der Waals surface area contributed by atoms with Gasteiger partial charge in [-0.1, -0.05) is 66.7 Å². The van der Waals surface area contributed by atoms with Crippen molar-refractivity contribution in [2.45, 2.75) is 0 Å². The van der Waals surface area contributed by atoms with Gasteiger partial charge >= 0.3 is 5.97 Å². The average Bonchev–Trinajstić information content (AvgIpc) is 3.09. The lowest BCUT2D eigenvalue weighted by atomic mass is 10.0. The minimum atomic E-state index is -0.528. The van der Waals surface area contributed by atoms with Gasteiger partial charge in [0.15, 0.2) is 0 Å². The fourth-order valence-electron chi connectivity index (χ4n) is 3.03. The summed E-state index contributed by atoms with van der Waals surface area (Å²) in [7, 11) is 0. The Balaban J connectivity index is 1.64. The topological polar surface area (TPSA) is 69.4 Å². The van der Waals surface area contributed by atoms with Crippen LogP contribution in [0.15, 0.2) is 90.5 Å². The van der Waals surface area contributed by atoms with Crippen molar-refractivity contribution in [3.8, 4) is 11.1 Å². The summed E-state index contributed by atoms with van der Waals surface area (Å²) in [5.74, 6) is -0.102. The molecule has 0 unspecified atom stereocenters. The number of carbonyl (C=O) groups excluding carboxylic acids is 1. The lowest BCUT2D eigenvalue weighted by molar-refractivity contribution is -0.385. The standard InChI is InChI=1S/C23H15NO4/c25-23-20(14-19-8-4-5-9-21(19)24(26)27)15-22(28-23)18-12-10-17(11-13-18)16-6-2-1-3-7-16/h1-15H/b20-14-. The Morgan fingerprint density at radius 1 is 0.786 bits per heavy atom. The van der Waals surface area contributed by atoms with Gasteiger partial charge in [-0.3, -0.25) is 10.1 Å². The highest BCUT2D eigenvalue weighted by Gasteiger charge is 2.23. The zero-order valence-electron chi connectivity index (χ0n) is 14.7. The molecule has 1 aliphatic heterocycles. The number of nitro benzene ring substituents is 1. The number of ether oxygens (including phenoxy) is 1. The highest BCUT2D eigenvalue weighted by atomic mass is 16.6. The third-order valence-electron chi connectivity index (χ3n) is 4.45. The first-order valence-electron chi connectivity index (χ1n) is 8.67. The maximum Gasteiger partial charge on any atom is 0.343 e.